The summed E-state index contributed by atoms with van der Waals surface area (Å²) in [6, 6.07) is 0. The number of nitrogens with zero attached hydrogens (tertiary/aromatic N) is 1. The SMILES string of the molecule is CCCC(C)(C)NS(=O)(=O)N1CCNCC1. The van der Waals surface area contributed by atoms with Crippen LogP contribution in [0.4, 0.5) is 0 Å². The predicted molar refractivity (Wildman–Crippen MR) is 65.5 cm³/mol. The molecule has 96 valence electrons. The van der Waals surface area contributed by atoms with Gasteiger partial charge in [-0.3, -0.25) is 0 Å². The van der Waals surface area contributed by atoms with Crippen molar-refractivity contribution in [2.75, 3.05) is 26.2 Å². The Hall–Kier alpha value is -0.170. The van der Waals surface area contributed by atoms with Gasteiger partial charge in [0.25, 0.3) is 10.2 Å². The molecule has 1 aliphatic heterocycles. The molecule has 1 rings (SSSR count). The van der Waals surface area contributed by atoms with Crippen LogP contribution in [0.3, 0.4) is 0 Å². The Bertz CT molecular complexity index is 308. The highest BCUT2D eigenvalue weighted by molar-refractivity contribution is 7.87. The van der Waals surface area contributed by atoms with E-state index in [0.717, 1.165) is 25.9 Å². The molecule has 16 heavy (non-hydrogen) atoms. The molecule has 0 radical (unpaired) electrons. The van der Waals surface area contributed by atoms with E-state index in [1.165, 1.54) is 4.31 Å². The van der Waals surface area contributed by atoms with Gasteiger partial charge in [-0.05, 0) is 20.3 Å². The molecule has 1 heterocycles. The lowest BCUT2D eigenvalue weighted by Crippen LogP contribution is -2.55. The maximum atomic E-state index is 12.1. The number of hydrogen-bond acceptors (Lipinski definition) is 3. The first-order valence-corrected chi connectivity index (χ1v) is 7.31. The Morgan fingerprint density at radius 1 is 1.31 bits per heavy atom. The van der Waals surface area contributed by atoms with Gasteiger partial charge in [0.15, 0.2) is 0 Å². The molecule has 0 amide bonds. The molecule has 0 saturated carbocycles. The van der Waals surface area contributed by atoms with Crippen molar-refractivity contribution in [1.82, 2.24) is 14.3 Å². The van der Waals surface area contributed by atoms with Crippen LogP contribution < -0.4 is 10.0 Å². The Balaban J connectivity index is 2.63. The standard InChI is InChI=1S/C10H23N3O2S/c1-4-5-10(2,3)12-16(14,15)13-8-6-11-7-9-13/h11-12H,4-9H2,1-3H3. The topological polar surface area (TPSA) is 61.4 Å². The van der Waals surface area contributed by atoms with Gasteiger partial charge < -0.3 is 5.32 Å². The summed E-state index contributed by atoms with van der Waals surface area (Å²) in [6.07, 6.45) is 1.81. The van der Waals surface area contributed by atoms with Gasteiger partial charge >= 0.3 is 0 Å². The molecule has 1 saturated heterocycles. The molecular weight excluding hydrogens is 226 g/mol. The highest BCUT2D eigenvalue weighted by atomic mass is 32.2. The minimum absolute atomic E-state index is 0.363. The van der Waals surface area contributed by atoms with Crippen LogP contribution in [-0.4, -0.2) is 44.4 Å². The Morgan fingerprint density at radius 2 is 1.88 bits per heavy atom. The van der Waals surface area contributed by atoms with Crippen LogP contribution >= 0.6 is 0 Å². The summed E-state index contributed by atoms with van der Waals surface area (Å²) in [5.41, 5.74) is -0.363. The first kappa shape index (κ1) is 13.9. The van der Waals surface area contributed by atoms with Crippen LogP contribution in [0.5, 0.6) is 0 Å². The van der Waals surface area contributed by atoms with Gasteiger partial charge in [-0.2, -0.15) is 17.4 Å². The minimum Gasteiger partial charge on any atom is -0.314 e. The zero-order chi connectivity index (χ0) is 12.2. The summed E-state index contributed by atoms with van der Waals surface area (Å²) >= 11 is 0. The van der Waals surface area contributed by atoms with Gasteiger partial charge in [0.05, 0.1) is 0 Å². The smallest absolute Gasteiger partial charge is 0.280 e. The Kier molecular flexibility index (Phi) is 4.73. The lowest BCUT2D eigenvalue weighted by Gasteiger charge is -2.32. The van der Waals surface area contributed by atoms with Crippen molar-refractivity contribution in [1.29, 1.82) is 0 Å². The third-order valence-electron chi connectivity index (χ3n) is 2.70. The third-order valence-corrected chi connectivity index (χ3v) is 4.55. The van der Waals surface area contributed by atoms with Gasteiger partial charge in [0, 0.05) is 31.7 Å². The zero-order valence-electron chi connectivity index (χ0n) is 10.4. The Labute approximate surface area is 98.8 Å². The van der Waals surface area contributed by atoms with E-state index in [1.54, 1.807) is 0 Å². The molecule has 5 nitrogen and oxygen atoms in total. The molecule has 1 aliphatic rings. The second-order valence-corrected chi connectivity index (χ2v) is 6.56. The van der Waals surface area contributed by atoms with Crippen molar-refractivity contribution in [3.63, 3.8) is 0 Å². The minimum atomic E-state index is -3.32. The van der Waals surface area contributed by atoms with E-state index in [2.05, 4.69) is 17.0 Å². The Morgan fingerprint density at radius 3 is 2.38 bits per heavy atom. The number of piperazine rings is 1. The van der Waals surface area contributed by atoms with E-state index in [4.69, 9.17) is 0 Å². The maximum Gasteiger partial charge on any atom is 0.280 e. The maximum absolute atomic E-state index is 12.1. The summed E-state index contributed by atoms with van der Waals surface area (Å²) in [5.74, 6) is 0. The van der Waals surface area contributed by atoms with E-state index in [1.807, 2.05) is 13.8 Å². The summed E-state index contributed by atoms with van der Waals surface area (Å²) in [7, 11) is -3.32. The molecule has 0 atom stereocenters. The second kappa shape index (κ2) is 5.44. The first-order valence-electron chi connectivity index (χ1n) is 5.87. The average Bonchev–Trinajstić information content (AvgIpc) is 2.17. The van der Waals surface area contributed by atoms with Crippen LogP contribution in [0.15, 0.2) is 0 Å². The van der Waals surface area contributed by atoms with Crippen molar-refractivity contribution < 1.29 is 8.42 Å². The van der Waals surface area contributed by atoms with Gasteiger partial charge in [0.1, 0.15) is 0 Å². The predicted octanol–water partition coefficient (Wildman–Crippen LogP) is 0.305. The number of nitrogens with one attached hydrogen (secondary N) is 2. The molecular formula is C10H23N3O2S. The fourth-order valence-corrected chi connectivity index (χ4v) is 3.57. The number of rotatable bonds is 5. The van der Waals surface area contributed by atoms with Crippen LogP contribution in [0.2, 0.25) is 0 Å². The summed E-state index contributed by atoms with van der Waals surface area (Å²) in [4.78, 5) is 0. The van der Waals surface area contributed by atoms with Crippen molar-refractivity contribution in [2.24, 2.45) is 0 Å². The zero-order valence-corrected chi connectivity index (χ0v) is 11.2. The van der Waals surface area contributed by atoms with Gasteiger partial charge in [-0.1, -0.05) is 13.3 Å². The highest BCUT2D eigenvalue weighted by Crippen LogP contribution is 2.14. The van der Waals surface area contributed by atoms with E-state index in [-0.39, 0.29) is 5.54 Å². The van der Waals surface area contributed by atoms with Gasteiger partial charge in [-0.15, -0.1) is 0 Å². The molecule has 0 bridgehead atoms. The van der Waals surface area contributed by atoms with Crippen molar-refractivity contribution in [3.8, 4) is 0 Å². The van der Waals surface area contributed by atoms with Crippen molar-refractivity contribution in [3.05, 3.63) is 0 Å². The highest BCUT2D eigenvalue weighted by Gasteiger charge is 2.29. The molecule has 0 aliphatic carbocycles. The van der Waals surface area contributed by atoms with Crippen molar-refractivity contribution >= 4 is 10.2 Å². The second-order valence-electron chi connectivity index (χ2n) is 4.89. The summed E-state index contributed by atoms with van der Waals surface area (Å²) in [5, 5.41) is 3.14. The van der Waals surface area contributed by atoms with E-state index >= 15 is 0 Å². The lowest BCUT2D eigenvalue weighted by atomic mass is 10.0. The van der Waals surface area contributed by atoms with Gasteiger partial charge in [0.2, 0.25) is 0 Å². The summed E-state index contributed by atoms with van der Waals surface area (Å²) in [6.45, 7) is 8.48. The lowest BCUT2D eigenvalue weighted by molar-refractivity contribution is 0.335. The fourth-order valence-electron chi connectivity index (χ4n) is 1.97. The normalized spacial score (nSPS) is 19.9. The molecule has 6 heteroatoms. The van der Waals surface area contributed by atoms with E-state index in [0.29, 0.717) is 13.1 Å². The molecule has 0 unspecified atom stereocenters. The fraction of sp³-hybridized carbons (Fsp3) is 1.00. The molecule has 0 aromatic rings. The monoisotopic (exact) mass is 249 g/mol. The summed E-state index contributed by atoms with van der Waals surface area (Å²) < 4.78 is 28.4. The van der Waals surface area contributed by atoms with Gasteiger partial charge in [-0.25, -0.2) is 0 Å². The van der Waals surface area contributed by atoms with E-state index < -0.39 is 10.2 Å². The third kappa shape index (κ3) is 4.01. The molecule has 1 fully saturated rings. The van der Waals surface area contributed by atoms with Crippen LogP contribution in [0.25, 0.3) is 0 Å². The number of hydrogen-bond donors (Lipinski definition) is 2. The van der Waals surface area contributed by atoms with Crippen molar-refractivity contribution in [2.45, 2.75) is 39.2 Å². The van der Waals surface area contributed by atoms with E-state index in [9.17, 15) is 8.42 Å². The molecule has 0 spiro atoms. The molecule has 0 aromatic heterocycles. The first-order chi connectivity index (χ1) is 7.37. The van der Waals surface area contributed by atoms with Crippen LogP contribution in [0, 0.1) is 0 Å². The molecule has 2 N–H and O–H groups in total. The largest absolute Gasteiger partial charge is 0.314 e. The quantitative estimate of drug-likeness (QED) is 0.737. The van der Waals surface area contributed by atoms with Crippen LogP contribution in [-0.2, 0) is 10.2 Å². The van der Waals surface area contributed by atoms with Crippen LogP contribution in [0.1, 0.15) is 33.6 Å². The average molecular weight is 249 g/mol. The molecule has 0 aromatic carbocycles.